The largest absolute Gasteiger partial charge is 0.377 e. The highest BCUT2D eigenvalue weighted by Crippen LogP contribution is 2.37. The van der Waals surface area contributed by atoms with Gasteiger partial charge in [-0.2, -0.15) is 0 Å². The van der Waals surface area contributed by atoms with Gasteiger partial charge in [-0.3, -0.25) is 0 Å². The molecule has 20 heavy (non-hydrogen) atoms. The Bertz CT molecular complexity index is 466. The van der Waals surface area contributed by atoms with E-state index in [2.05, 4.69) is 6.92 Å². The minimum absolute atomic E-state index is 0.282. The van der Waals surface area contributed by atoms with Crippen molar-refractivity contribution in [3.8, 4) is 0 Å². The molecule has 4 heteroatoms. The number of hydrogen-bond donors (Lipinski definition) is 1. The highest BCUT2D eigenvalue weighted by atomic mass is 19.1. The van der Waals surface area contributed by atoms with E-state index in [1.807, 2.05) is 0 Å². The number of hydrogen-bond acceptors (Lipinski definition) is 2. The van der Waals surface area contributed by atoms with E-state index >= 15 is 0 Å². The Hall–Kier alpha value is -1.00. The van der Waals surface area contributed by atoms with Gasteiger partial charge in [-0.1, -0.05) is 25.8 Å². The third kappa shape index (κ3) is 3.18. The summed E-state index contributed by atoms with van der Waals surface area (Å²) in [7, 11) is 1.68. The van der Waals surface area contributed by atoms with E-state index in [4.69, 9.17) is 10.5 Å². The van der Waals surface area contributed by atoms with Gasteiger partial charge < -0.3 is 10.5 Å². The van der Waals surface area contributed by atoms with Crippen molar-refractivity contribution in [3.05, 3.63) is 35.4 Å². The molecular formula is C16H23F2NO. The summed E-state index contributed by atoms with van der Waals surface area (Å²) in [5, 5.41) is 0. The second-order valence-corrected chi connectivity index (χ2v) is 6.02. The molecule has 0 saturated heterocycles. The molecule has 3 atom stereocenters. The number of benzene rings is 1. The Morgan fingerprint density at radius 1 is 1.45 bits per heavy atom. The minimum atomic E-state index is -0.562. The molecule has 0 spiro atoms. The molecule has 1 aliphatic rings. The van der Waals surface area contributed by atoms with Gasteiger partial charge in [0.05, 0.1) is 5.60 Å². The molecule has 2 N–H and O–H groups in total. The zero-order chi connectivity index (χ0) is 14.8. The van der Waals surface area contributed by atoms with Crippen molar-refractivity contribution in [1.82, 2.24) is 0 Å². The standard InChI is InChI=1S/C16H23F2NO/c1-11-4-3-7-16(10-11,20-2)15(19)8-12-5-6-13(17)9-14(12)18/h5-6,9,11,15H,3-4,7-8,10,19H2,1-2H3. The molecule has 112 valence electrons. The summed E-state index contributed by atoms with van der Waals surface area (Å²) in [6.07, 6.45) is 4.43. The predicted molar refractivity (Wildman–Crippen MR) is 75.4 cm³/mol. The lowest BCUT2D eigenvalue weighted by Gasteiger charge is -2.43. The first kappa shape index (κ1) is 15.4. The summed E-state index contributed by atoms with van der Waals surface area (Å²) in [6.45, 7) is 2.19. The van der Waals surface area contributed by atoms with E-state index in [1.54, 1.807) is 7.11 Å². The van der Waals surface area contributed by atoms with Crippen molar-refractivity contribution >= 4 is 0 Å². The van der Waals surface area contributed by atoms with Crippen LogP contribution in [0.15, 0.2) is 18.2 Å². The van der Waals surface area contributed by atoms with Crippen LogP contribution >= 0.6 is 0 Å². The quantitative estimate of drug-likeness (QED) is 0.919. The average Bonchev–Trinajstić information content (AvgIpc) is 2.41. The Morgan fingerprint density at radius 2 is 2.20 bits per heavy atom. The summed E-state index contributed by atoms with van der Waals surface area (Å²) in [4.78, 5) is 0. The number of ether oxygens (including phenoxy) is 1. The molecule has 2 rings (SSSR count). The summed E-state index contributed by atoms with van der Waals surface area (Å²) in [5.74, 6) is -0.532. The monoisotopic (exact) mass is 283 g/mol. The number of methoxy groups -OCH3 is 1. The fraction of sp³-hybridized carbons (Fsp3) is 0.625. The fourth-order valence-corrected chi connectivity index (χ4v) is 3.33. The molecule has 0 aromatic heterocycles. The summed E-state index contributed by atoms with van der Waals surface area (Å²) < 4.78 is 32.4. The van der Waals surface area contributed by atoms with Crippen molar-refractivity contribution in [1.29, 1.82) is 0 Å². The van der Waals surface area contributed by atoms with E-state index in [0.29, 0.717) is 17.9 Å². The molecule has 0 radical (unpaired) electrons. The Labute approximate surface area is 119 Å². The molecule has 2 nitrogen and oxygen atoms in total. The summed E-state index contributed by atoms with van der Waals surface area (Å²) >= 11 is 0. The number of halogens is 2. The van der Waals surface area contributed by atoms with Gasteiger partial charge in [0.1, 0.15) is 11.6 Å². The maximum atomic E-state index is 13.7. The molecule has 1 aromatic carbocycles. The predicted octanol–water partition coefficient (Wildman–Crippen LogP) is 3.43. The Morgan fingerprint density at radius 3 is 2.80 bits per heavy atom. The van der Waals surface area contributed by atoms with Crippen LogP contribution in [0.4, 0.5) is 8.78 Å². The molecule has 0 heterocycles. The highest BCUT2D eigenvalue weighted by Gasteiger charge is 2.40. The van der Waals surface area contributed by atoms with Crippen molar-refractivity contribution in [2.75, 3.05) is 7.11 Å². The molecule has 1 saturated carbocycles. The first-order chi connectivity index (χ1) is 9.47. The molecule has 1 aromatic rings. The summed E-state index contributed by atoms with van der Waals surface area (Å²) in [6, 6.07) is 3.37. The molecule has 3 unspecified atom stereocenters. The van der Waals surface area contributed by atoms with Crippen molar-refractivity contribution in [2.45, 2.75) is 50.7 Å². The van der Waals surface area contributed by atoms with E-state index < -0.39 is 17.2 Å². The fourth-order valence-electron chi connectivity index (χ4n) is 3.33. The first-order valence-electron chi connectivity index (χ1n) is 7.21. The van der Waals surface area contributed by atoms with Crippen molar-refractivity contribution in [2.24, 2.45) is 11.7 Å². The van der Waals surface area contributed by atoms with Gasteiger partial charge in [-0.15, -0.1) is 0 Å². The van der Waals surface area contributed by atoms with E-state index in [0.717, 1.165) is 25.3 Å². The van der Waals surface area contributed by atoms with Gasteiger partial charge in [0.15, 0.2) is 0 Å². The lowest BCUT2D eigenvalue weighted by molar-refractivity contribution is -0.0706. The van der Waals surface area contributed by atoms with Crippen LogP contribution in [-0.4, -0.2) is 18.8 Å². The highest BCUT2D eigenvalue weighted by molar-refractivity contribution is 5.20. The molecule has 0 aliphatic heterocycles. The van der Waals surface area contributed by atoms with Gasteiger partial charge in [0.25, 0.3) is 0 Å². The van der Waals surface area contributed by atoms with Gasteiger partial charge in [-0.05, 0) is 36.8 Å². The van der Waals surface area contributed by atoms with Crippen LogP contribution in [0.1, 0.15) is 38.2 Å². The van der Waals surface area contributed by atoms with Crippen molar-refractivity contribution < 1.29 is 13.5 Å². The van der Waals surface area contributed by atoms with Gasteiger partial charge in [-0.25, -0.2) is 8.78 Å². The zero-order valence-corrected chi connectivity index (χ0v) is 12.2. The van der Waals surface area contributed by atoms with Crippen LogP contribution < -0.4 is 5.73 Å². The smallest absolute Gasteiger partial charge is 0.129 e. The Balaban J connectivity index is 2.14. The molecular weight excluding hydrogens is 260 g/mol. The third-order valence-electron chi connectivity index (χ3n) is 4.53. The van der Waals surface area contributed by atoms with Crippen LogP contribution in [0.3, 0.4) is 0 Å². The lowest BCUT2D eigenvalue weighted by atomic mass is 9.73. The number of nitrogens with two attached hydrogens (primary N) is 1. The van der Waals surface area contributed by atoms with Gasteiger partial charge >= 0.3 is 0 Å². The second kappa shape index (κ2) is 6.19. The normalized spacial score (nSPS) is 28.4. The molecule has 0 amide bonds. The maximum Gasteiger partial charge on any atom is 0.129 e. The van der Waals surface area contributed by atoms with E-state index in [-0.39, 0.29) is 6.04 Å². The van der Waals surface area contributed by atoms with Gasteiger partial charge in [0.2, 0.25) is 0 Å². The Kier molecular flexibility index (Phi) is 4.76. The molecule has 0 bridgehead atoms. The van der Waals surface area contributed by atoms with E-state index in [1.165, 1.54) is 18.6 Å². The maximum absolute atomic E-state index is 13.7. The molecule has 1 fully saturated rings. The molecule has 1 aliphatic carbocycles. The van der Waals surface area contributed by atoms with E-state index in [9.17, 15) is 8.78 Å². The first-order valence-corrected chi connectivity index (χ1v) is 7.21. The van der Waals surface area contributed by atoms with Crippen molar-refractivity contribution in [3.63, 3.8) is 0 Å². The van der Waals surface area contributed by atoms with Crippen LogP contribution in [-0.2, 0) is 11.2 Å². The van der Waals surface area contributed by atoms with Gasteiger partial charge in [0, 0.05) is 19.2 Å². The second-order valence-electron chi connectivity index (χ2n) is 6.02. The summed E-state index contributed by atoms with van der Waals surface area (Å²) in [5.41, 5.74) is 6.37. The SMILES string of the molecule is COC1(C(N)Cc2ccc(F)cc2F)CCCC(C)C1. The third-order valence-corrected chi connectivity index (χ3v) is 4.53. The zero-order valence-electron chi connectivity index (χ0n) is 12.2. The van der Waals surface area contributed by atoms with Crippen LogP contribution in [0, 0.1) is 17.6 Å². The number of rotatable bonds is 4. The average molecular weight is 283 g/mol. The van der Waals surface area contributed by atoms with Crippen LogP contribution in [0.5, 0.6) is 0 Å². The minimum Gasteiger partial charge on any atom is -0.377 e. The lowest BCUT2D eigenvalue weighted by Crippen LogP contribution is -2.53. The van der Waals surface area contributed by atoms with Crippen LogP contribution in [0.25, 0.3) is 0 Å². The van der Waals surface area contributed by atoms with Crippen LogP contribution in [0.2, 0.25) is 0 Å². The topological polar surface area (TPSA) is 35.2 Å².